The van der Waals surface area contributed by atoms with Crippen LogP contribution in [0.4, 0.5) is 0 Å². The summed E-state index contributed by atoms with van der Waals surface area (Å²) in [5.41, 5.74) is 0.916. The fourth-order valence-corrected chi connectivity index (χ4v) is 4.96. The summed E-state index contributed by atoms with van der Waals surface area (Å²) < 4.78 is 6.07. The molecule has 0 saturated carbocycles. The van der Waals surface area contributed by atoms with Crippen molar-refractivity contribution in [1.82, 2.24) is 5.32 Å². The maximum atomic E-state index is 11.4. The Morgan fingerprint density at radius 1 is 1.35 bits per heavy atom. The lowest BCUT2D eigenvalue weighted by atomic mass is 9.51. The zero-order chi connectivity index (χ0) is 13.5. The predicted octanol–water partition coefficient (Wildman–Crippen LogP) is 0.265. The van der Waals surface area contributed by atoms with E-state index in [4.69, 9.17) is 4.74 Å². The number of rotatable bonds is 0. The predicted molar refractivity (Wildman–Crippen MR) is 72.7 cm³/mol. The summed E-state index contributed by atoms with van der Waals surface area (Å²) in [5.74, 6) is 0.842. The van der Waals surface area contributed by atoms with E-state index in [9.17, 15) is 10.2 Å². The molecule has 2 aliphatic carbocycles. The molecule has 1 aromatic carbocycles. The van der Waals surface area contributed by atoms with Crippen LogP contribution in [0.2, 0.25) is 0 Å². The van der Waals surface area contributed by atoms with Crippen molar-refractivity contribution in [1.29, 1.82) is 0 Å². The summed E-state index contributed by atoms with van der Waals surface area (Å²) in [4.78, 5) is 0. The quantitative estimate of drug-likeness (QED) is 0.593. The molecule has 1 fully saturated rings. The maximum absolute atomic E-state index is 11.4. The fraction of sp³-hybridized carbons (Fsp3) is 0.500. The Morgan fingerprint density at radius 3 is 3.15 bits per heavy atom. The standard InChI is InChI=1S/C16H17NO3/c18-10-4-5-16(19)12-8-9-2-1-3-11-13(9)15(16,6-7-17-12)14(10)20-11/h1-5,10,12,14,17-19H,6-8H2/t10-,12-,14+,15+,16-/m1/s1. The highest BCUT2D eigenvalue weighted by Gasteiger charge is 2.69. The molecule has 2 bridgehead atoms. The van der Waals surface area contributed by atoms with Crippen molar-refractivity contribution in [2.24, 2.45) is 0 Å². The Hall–Kier alpha value is -1.36. The third-order valence-corrected chi connectivity index (χ3v) is 5.74. The van der Waals surface area contributed by atoms with E-state index < -0.39 is 17.1 Å². The lowest BCUT2D eigenvalue weighted by molar-refractivity contribution is -0.120. The third kappa shape index (κ3) is 0.974. The van der Waals surface area contributed by atoms with E-state index in [-0.39, 0.29) is 12.1 Å². The van der Waals surface area contributed by atoms with Gasteiger partial charge in [0.05, 0.1) is 5.41 Å². The average molecular weight is 271 g/mol. The summed E-state index contributed by atoms with van der Waals surface area (Å²) in [5, 5.41) is 25.2. The highest BCUT2D eigenvalue weighted by atomic mass is 16.5. The molecule has 20 heavy (non-hydrogen) atoms. The molecule has 0 aromatic heterocycles. The monoisotopic (exact) mass is 271 g/mol. The van der Waals surface area contributed by atoms with Gasteiger partial charge in [0.2, 0.25) is 0 Å². The van der Waals surface area contributed by atoms with Crippen LogP contribution in [-0.4, -0.2) is 40.6 Å². The van der Waals surface area contributed by atoms with Crippen molar-refractivity contribution >= 4 is 0 Å². The van der Waals surface area contributed by atoms with Gasteiger partial charge in [0.1, 0.15) is 23.6 Å². The molecule has 0 unspecified atom stereocenters. The molecule has 5 atom stereocenters. The van der Waals surface area contributed by atoms with Crippen LogP contribution in [0.5, 0.6) is 5.75 Å². The molecule has 104 valence electrons. The molecule has 2 aliphatic heterocycles. The zero-order valence-corrected chi connectivity index (χ0v) is 11.0. The molecule has 5 rings (SSSR count). The highest BCUT2D eigenvalue weighted by Crippen LogP contribution is 2.60. The lowest BCUT2D eigenvalue weighted by Gasteiger charge is -2.58. The molecular weight excluding hydrogens is 254 g/mol. The number of hydrogen-bond acceptors (Lipinski definition) is 4. The van der Waals surface area contributed by atoms with Crippen LogP contribution in [0.3, 0.4) is 0 Å². The summed E-state index contributed by atoms with van der Waals surface area (Å²) in [6.45, 7) is 0.848. The summed E-state index contributed by atoms with van der Waals surface area (Å²) in [6.07, 6.45) is 4.05. The van der Waals surface area contributed by atoms with Gasteiger partial charge in [0.15, 0.2) is 0 Å². The minimum Gasteiger partial charge on any atom is -0.486 e. The Morgan fingerprint density at radius 2 is 2.25 bits per heavy atom. The summed E-state index contributed by atoms with van der Waals surface area (Å²) >= 11 is 0. The Labute approximate surface area is 117 Å². The molecule has 1 aromatic rings. The second-order valence-corrected chi connectivity index (χ2v) is 6.44. The van der Waals surface area contributed by atoms with E-state index in [1.807, 2.05) is 12.1 Å². The summed E-state index contributed by atoms with van der Waals surface area (Å²) in [7, 11) is 0. The number of ether oxygens (including phenoxy) is 1. The van der Waals surface area contributed by atoms with Gasteiger partial charge in [0, 0.05) is 11.6 Å². The Balaban J connectivity index is 1.90. The van der Waals surface area contributed by atoms with Crippen molar-refractivity contribution in [3.05, 3.63) is 41.5 Å². The normalized spacial score (nSPS) is 46.8. The average Bonchev–Trinajstić information content (AvgIpc) is 2.76. The smallest absolute Gasteiger partial charge is 0.141 e. The second kappa shape index (κ2) is 3.27. The van der Waals surface area contributed by atoms with Crippen molar-refractivity contribution in [2.45, 2.75) is 42.1 Å². The first-order valence-electron chi connectivity index (χ1n) is 7.29. The number of aliphatic hydroxyl groups is 2. The number of benzene rings is 1. The van der Waals surface area contributed by atoms with Gasteiger partial charge >= 0.3 is 0 Å². The summed E-state index contributed by atoms with van der Waals surface area (Å²) in [6, 6.07) is 6.08. The van der Waals surface area contributed by atoms with Crippen LogP contribution >= 0.6 is 0 Å². The van der Waals surface area contributed by atoms with Gasteiger partial charge < -0.3 is 20.3 Å². The zero-order valence-electron chi connectivity index (χ0n) is 11.0. The minimum atomic E-state index is -0.964. The molecule has 2 heterocycles. The van der Waals surface area contributed by atoms with E-state index in [1.165, 1.54) is 5.56 Å². The van der Waals surface area contributed by atoms with Gasteiger partial charge in [-0.15, -0.1) is 0 Å². The second-order valence-electron chi connectivity index (χ2n) is 6.44. The first-order valence-corrected chi connectivity index (χ1v) is 7.29. The Bertz CT molecular complexity index is 643. The first-order chi connectivity index (χ1) is 9.67. The lowest BCUT2D eigenvalue weighted by Crippen LogP contribution is -2.75. The van der Waals surface area contributed by atoms with Gasteiger partial charge in [-0.25, -0.2) is 0 Å². The van der Waals surface area contributed by atoms with Crippen LogP contribution in [0.1, 0.15) is 17.5 Å². The topological polar surface area (TPSA) is 61.7 Å². The number of nitrogens with one attached hydrogen (secondary N) is 1. The molecule has 1 spiro atoms. The van der Waals surface area contributed by atoms with E-state index in [0.29, 0.717) is 0 Å². The van der Waals surface area contributed by atoms with Gasteiger partial charge in [-0.05, 0) is 31.0 Å². The molecule has 4 aliphatic rings. The maximum Gasteiger partial charge on any atom is 0.141 e. The number of hydrogen-bond donors (Lipinski definition) is 3. The van der Waals surface area contributed by atoms with Gasteiger partial charge in [0.25, 0.3) is 0 Å². The SMILES string of the molecule is O[C@@H]1C=C[C@@]2(O)[C@H]3Cc4cccc5c4[C@@]2(CCN3)[C@H]1O5. The molecule has 0 amide bonds. The van der Waals surface area contributed by atoms with Crippen molar-refractivity contribution in [3.8, 4) is 5.75 Å². The highest BCUT2D eigenvalue weighted by molar-refractivity contribution is 5.59. The van der Waals surface area contributed by atoms with E-state index in [1.54, 1.807) is 12.2 Å². The molecular formula is C16H17NO3. The van der Waals surface area contributed by atoms with E-state index >= 15 is 0 Å². The molecule has 4 heteroatoms. The van der Waals surface area contributed by atoms with Gasteiger partial charge in [-0.3, -0.25) is 0 Å². The number of aliphatic hydroxyl groups excluding tert-OH is 1. The molecule has 0 radical (unpaired) electrons. The van der Waals surface area contributed by atoms with Crippen molar-refractivity contribution in [3.63, 3.8) is 0 Å². The van der Waals surface area contributed by atoms with Gasteiger partial charge in [-0.1, -0.05) is 24.3 Å². The van der Waals surface area contributed by atoms with E-state index in [0.717, 1.165) is 30.7 Å². The molecule has 3 N–H and O–H groups in total. The number of piperidine rings is 1. The molecule has 1 saturated heterocycles. The largest absolute Gasteiger partial charge is 0.486 e. The third-order valence-electron chi connectivity index (χ3n) is 5.74. The van der Waals surface area contributed by atoms with Crippen molar-refractivity contribution in [2.75, 3.05) is 6.54 Å². The van der Waals surface area contributed by atoms with Crippen LogP contribution in [0.25, 0.3) is 0 Å². The van der Waals surface area contributed by atoms with Crippen LogP contribution < -0.4 is 10.1 Å². The van der Waals surface area contributed by atoms with Crippen LogP contribution in [-0.2, 0) is 11.8 Å². The van der Waals surface area contributed by atoms with Crippen LogP contribution in [0, 0.1) is 0 Å². The van der Waals surface area contributed by atoms with Crippen molar-refractivity contribution < 1.29 is 14.9 Å². The molecule has 4 nitrogen and oxygen atoms in total. The Kier molecular flexibility index (Phi) is 1.85. The first kappa shape index (κ1) is 11.3. The van der Waals surface area contributed by atoms with Crippen LogP contribution in [0.15, 0.2) is 30.4 Å². The van der Waals surface area contributed by atoms with Gasteiger partial charge in [-0.2, -0.15) is 0 Å². The van der Waals surface area contributed by atoms with E-state index in [2.05, 4.69) is 11.4 Å². The fourth-order valence-electron chi connectivity index (χ4n) is 4.96. The minimum absolute atomic E-state index is 0.00745.